The zero-order chi connectivity index (χ0) is 20.9. The number of ketones is 1. The van der Waals surface area contributed by atoms with Gasteiger partial charge >= 0.3 is 5.97 Å². The summed E-state index contributed by atoms with van der Waals surface area (Å²) in [6.45, 7) is 9.14. The van der Waals surface area contributed by atoms with Crippen molar-refractivity contribution in [1.29, 1.82) is 0 Å². The Labute approximate surface area is 176 Å². The number of rotatable bonds is 6. The quantitative estimate of drug-likeness (QED) is 0.227. The Morgan fingerprint density at radius 3 is 2.57 bits per heavy atom. The summed E-state index contributed by atoms with van der Waals surface area (Å²) in [5, 5.41) is 10.2. The van der Waals surface area contributed by atoms with Crippen LogP contribution in [0.2, 0.25) is 0 Å². The number of esters is 1. The molecule has 1 N–H and O–H groups in total. The summed E-state index contributed by atoms with van der Waals surface area (Å²) in [5.74, 6) is -1.56. The molecule has 0 aliphatic carbocycles. The fraction of sp³-hybridized carbons (Fsp3) is 0.450. The molecular formula is C20H22BrNO5S. The number of halogens is 1. The first-order valence-electron chi connectivity index (χ1n) is 8.81. The maximum Gasteiger partial charge on any atom is 0.330 e. The summed E-state index contributed by atoms with van der Waals surface area (Å²) in [5.41, 5.74) is 1.31. The van der Waals surface area contributed by atoms with Crippen molar-refractivity contribution >= 4 is 45.4 Å². The number of carbonyl (C=O) groups excluding carboxylic acids is 3. The molecule has 2 unspecified atom stereocenters. The van der Waals surface area contributed by atoms with E-state index in [4.69, 9.17) is 4.74 Å². The molecule has 4 atom stereocenters. The zero-order valence-electron chi connectivity index (χ0n) is 15.8. The first-order chi connectivity index (χ1) is 13.1. The van der Waals surface area contributed by atoms with Gasteiger partial charge in [-0.25, -0.2) is 4.79 Å². The largest absolute Gasteiger partial charge is 0.460 e. The molecule has 2 saturated heterocycles. The molecule has 0 spiro atoms. The van der Waals surface area contributed by atoms with E-state index in [0.29, 0.717) is 5.56 Å². The number of hydrogen-bond donors (Lipinski definition) is 1. The molecule has 2 aliphatic rings. The third-order valence-corrected chi connectivity index (χ3v) is 8.24. The van der Waals surface area contributed by atoms with Crippen LogP contribution in [0, 0.1) is 6.92 Å². The monoisotopic (exact) mass is 467 g/mol. The number of aryl methyl sites for hydroxylation is 1. The van der Waals surface area contributed by atoms with E-state index in [2.05, 4.69) is 22.5 Å². The molecule has 8 heteroatoms. The van der Waals surface area contributed by atoms with Gasteiger partial charge in [-0.05, 0) is 20.8 Å². The van der Waals surface area contributed by atoms with Gasteiger partial charge in [0.15, 0.2) is 10.1 Å². The Balaban J connectivity index is 1.86. The second-order valence-electron chi connectivity index (χ2n) is 7.51. The summed E-state index contributed by atoms with van der Waals surface area (Å²) in [6.07, 6.45) is -0.114. The van der Waals surface area contributed by atoms with Crippen molar-refractivity contribution < 1.29 is 24.2 Å². The molecular weight excluding hydrogens is 446 g/mol. The minimum absolute atomic E-state index is 0.0523. The lowest BCUT2D eigenvalue weighted by Crippen LogP contribution is -2.75. The second-order valence-corrected chi connectivity index (χ2v) is 10.6. The minimum atomic E-state index is -1.57. The Bertz CT molecular complexity index is 840. The number of thioether (sulfide) groups is 1. The number of fused-ring (bicyclic) bond motifs is 1. The molecule has 2 heterocycles. The number of benzene rings is 1. The van der Waals surface area contributed by atoms with Gasteiger partial charge in [0.1, 0.15) is 24.1 Å². The average Bonchev–Trinajstić information content (AvgIpc) is 2.94. The van der Waals surface area contributed by atoms with Crippen molar-refractivity contribution in [3.8, 4) is 0 Å². The molecule has 2 aliphatic heterocycles. The van der Waals surface area contributed by atoms with Crippen LogP contribution < -0.4 is 0 Å². The smallest absolute Gasteiger partial charge is 0.330 e. The van der Waals surface area contributed by atoms with Crippen LogP contribution in [0.15, 0.2) is 36.9 Å². The van der Waals surface area contributed by atoms with Gasteiger partial charge in [0.25, 0.3) is 0 Å². The lowest BCUT2D eigenvalue weighted by atomic mass is 9.84. The Hall–Kier alpha value is -1.64. The Morgan fingerprint density at radius 1 is 1.39 bits per heavy atom. The van der Waals surface area contributed by atoms with E-state index in [1.807, 2.05) is 20.8 Å². The molecule has 0 aromatic heterocycles. The van der Waals surface area contributed by atoms with Crippen LogP contribution >= 0.6 is 27.7 Å². The zero-order valence-corrected chi connectivity index (χ0v) is 18.2. The predicted octanol–water partition coefficient (Wildman–Crippen LogP) is 2.46. The fourth-order valence-electron chi connectivity index (χ4n) is 3.56. The maximum atomic E-state index is 13.0. The van der Waals surface area contributed by atoms with Crippen molar-refractivity contribution in [2.24, 2.45) is 0 Å². The lowest BCUT2D eigenvalue weighted by Gasteiger charge is -2.51. The van der Waals surface area contributed by atoms with Gasteiger partial charge in [-0.3, -0.25) is 9.59 Å². The summed E-state index contributed by atoms with van der Waals surface area (Å²) >= 11 is 4.71. The number of β-lactam (4-membered cyclic amide) rings is 1. The molecule has 1 amide bonds. The summed E-state index contributed by atoms with van der Waals surface area (Å²) in [4.78, 5) is 39.7. The highest BCUT2D eigenvalue weighted by Crippen LogP contribution is 2.59. The molecule has 0 saturated carbocycles. The van der Waals surface area contributed by atoms with E-state index in [1.54, 1.807) is 24.3 Å². The van der Waals surface area contributed by atoms with Gasteiger partial charge in [0.05, 0.1) is 0 Å². The SMILES string of the molecule is C=CCOC(=O)[C@@H]1N2C(=O)C(Br)(C(O)C(=O)c3ccc(C)cc3)[C@H]2SC1(C)C. The second kappa shape index (κ2) is 7.31. The molecule has 0 bridgehead atoms. The molecule has 2 fully saturated rings. The number of alkyl halides is 1. The number of aliphatic hydroxyl groups excluding tert-OH is 1. The van der Waals surface area contributed by atoms with E-state index in [9.17, 15) is 19.5 Å². The van der Waals surface area contributed by atoms with E-state index < -0.39 is 44.3 Å². The van der Waals surface area contributed by atoms with E-state index in [1.165, 1.54) is 22.7 Å². The average molecular weight is 468 g/mol. The van der Waals surface area contributed by atoms with Crippen molar-refractivity contribution in [3.63, 3.8) is 0 Å². The normalized spacial score (nSPS) is 28.9. The molecule has 0 radical (unpaired) electrons. The van der Waals surface area contributed by atoms with Crippen LogP contribution in [0.5, 0.6) is 0 Å². The van der Waals surface area contributed by atoms with Crippen molar-refractivity contribution in [2.45, 2.75) is 47.4 Å². The lowest BCUT2D eigenvalue weighted by molar-refractivity contribution is -0.166. The van der Waals surface area contributed by atoms with Gasteiger partial charge in [-0.2, -0.15) is 0 Å². The number of Topliss-reactive ketones (excluding diaryl/α,β-unsaturated/α-hetero) is 1. The molecule has 3 rings (SSSR count). The van der Waals surface area contributed by atoms with Crippen LogP contribution in [0.4, 0.5) is 0 Å². The van der Waals surface area contributed by atoms with Crippen LogP contribution in [-0.4, -0.2) is 60.9 Å². The third-order valence-electron chi connectivity index (χ3n) is 5.08. The third kappa shape index (κ3) is 3.11. The number of amides is 1. The highest BCUT2D eigenvalue weighted by Gasteiger charge is 2.74. The first kappa shape index (κ1) is 21.1. The number of nitrogens with zero attached hydrogens (tertiary/aromatic N) is 1. The number of ether oxygens (including phenoxy) is 1. The van der Waals surface area contributed by atoms with Crippen LogP contribution in [0.3, 0.4) is 0 Å². The number of hydrogen-bond acceptors (Lipinski definition) is 6. The molecule has 150 valence electrons. The predicted molar refractivity (Wildman–Crippen MR) is 110 cm³/mol. The highest BCUT2D eigenvalue weighted by atomic mass is 79.9. The molecule has 6 nitrogen and oxygen atoms in total. The first-order valence-corrected chi connectivity index (χ1v) is 10.5. The topological polar surface area (TPSA) is 83.9 Å². The summed E-state index contributed by atoms with van der Waals surface area (Å²) in [7, 11) is 0. The summed E-state index contributed by atoms with van der Waals surface area (Å²) < 4.78 is 3.04. The van der Waals surface area contributed by atoms with E-state index >= 15 is 0 Å². The van der Waals surface area contributed by atoms with Gasteiger partial charge in [0.2, 0.25) is 5.91 Å². The van der Waals surface area contributed by atoms with Crippen molar-refractivity contribution in [1.82, 2.24) is 4.90 Å². The highest BCUT2D eigenvalue weighted by molar-refractivity contribution is 9.10. The standard InChI is InChI=1S/C20H22BrNO5S/c1-5-10-27-16(25)14-19(3,4)28-18-20(21,17(26)22(14)18)15(24)13(23)12-8-6-11(2)7-9-12/h5-9,14-15,18,24H,1,10H2,2-4H3/t14-,15?,18+,20?/m0/s1. The molecule has 28 heavy (non-hydrogen) atoms. The van der Waals surface area contributed by atoms with Crippen LogP contribution in [0.25, 0.3) is 0 Å². The van der Waals surface area contributed by atoms with Gasteiger partial charge < -0.3 is 14.7 Å². The van der Waals surface area contributed by atoms with Crippen molar-refractivity contribution in [2.75, 3.05) is 6.61 Å². The Kier molecular flexibility index (Phi) is 5.51. The summed E-state index contributed by atoms with van der Waals surface area (Å²) in [6, 6.07) is 5.99. The minimum Gasteiger partial charge on any atom is -0.460 e. The molecule has 1 aromatic carbocycles. The van der Waals surface area contributed by atoms with E-state index in [0.717, 1.165) is 5.56 Å². The van der Waals surface area contributed by atoms with Crippen LogP contribution in [-0.2, 0) is 14.3 Å². The van der Waals surface area contributed by atoms with Gasteiger partial charge in [-0.15, -0.1) is 11.8 Å². The Morgan fingerprint density at radius 2 is 2.00 bits per heavy atom. The van der Waals surface area contributed by atoms with Gasteiger partial charge in [-0.1, -0.05) is 58.4 Å². The van der Waals surface area contributed by atoms with Crippen molar-refractivity contribution in [3.05, 3.63) is 48.0 Å². The van der Waals surface area contributed by atoms with E-state index in [-0.39, 0.29) is 6.61 Å². The molecule has 1 aromatic rings. The number of aliphatic hydroxyl groups is 1. The van der Waals surface area contributed by atoms with Gasteiger partial charge in [0, 0.05) is 10.3 Å². The van der Waals surface area contributed by atoms with Crippen LogP contribution in [0.1, 0.15) is 29.8 Å². The number of carbonyl (C=O) groups is 3. The maximum absolute atomic E-state index is 13.0. The fourth-order valence-corrected chi connectivity index (χ4v) is 6.12.